The standard InChI is InChI=1S/C17H38BO3P/c1-2-3-4-5-6-7-8-9-10-11-12-13-14-15-16-22-17-21-18(19)20/h19-20,22H,2-17H2,1H3. The molecule has 0 amide bonds. The molecular formula is C17H38BO3P. The topological polar surface area (TPSA) is 49.7 Å². The van der Waals surface area contributed by atoms with Gasteiger partial charge in [-0.3, -0.25) is 0 Å². The van der Waals surface area contributed by atoms with Crippen molar-refractivity contribution in [2.24, 2.45) is 0 Å². The molecule has 0 aliphatic carbocycles. The van der Waals surface area contributed by atoms with Crippen LogP contribution in [0.4, 0.5) is 0 Å². The van der Waals surface area contributed by atoms with Crippen LogP contribution < -0.4 is 0 Å². The van der Waals surface area contributed by atoms with Gasteiger partial charge in [0.15, 0.2) is 0 Å². The first-order chi connectivity index (χ1) is 10.8. The molecule has 0 aromatic carbocycles. The van der Waals surface area contributed by atoms with Crippen LogP contribution in [-0.2, 0) is 4.65 Å². The van der Waals surface area contributed by atoms with Crippen LogP contribution in [0.3, 0.4) is 0 Å². The average molecular weight is 332 g/mol. The van der Waals surface area contributed by atoms with E-state index in [4.69, 9.17) is 10.0 Å². The van der Waals surface area contributed by atoms with Gasteiger partial charge in [-0.05, 0) is 12.6 Å². The molecule has 2 N–H and O–H groups in total. The Balaban J connectivity index is 2.94. The Bertz CT molecular complexity index is 206. The zero-order valence-electron chi connectivity index (χ0n) is 14.7. The van der Waals surface area contributed by atoms with E-state index in [1.807, 2.05) is 0 Å². The van der Waals surface area contributed by atoms with Gasteiger partial charge < -0.3 is 14.7 Å². The van der Waals surface area contributed by atoms with Crippen molar-refractivity contribution in [2.45, 2.75) is 96.8 Å². The van der Waals surface area contributed by atoms with Gasteiger partial charge in [0.1, 0.15) is 0 Å². The fourth-order valence-corrected chi connectivity index (χ4v) is 3.56. The van der Waals surface area contributed by atoms with Crippen molar-refractivity contribution >= 4 is 15.9 Å². The number of rotatable bonds is 18. The Morgan fingerprint density at radius 3 is 1.50 bits per heavy atom. The van der Waals surface area contributed by atoms with Crippen LogP contribution in [0.5, 0.6) is 0 Å². The van der Waals surface area contributed by atoms with Gasteiger partial charge in [-0.25, -0.2) is 0 Å². The van der Waals surface area contributed by atoms with E-state index in [1.54, 1.807) is 0 Å². The lowest BCUT2D eigenvalue weighted by Gasteiger charge is -2.04. The lowest BCUT2D eigenvalue weighted by atomic mass is 10.0. The van der Waals surface area contributed by atoms with Crippen molar-refractivity contribution in [3.8, 4) is 0 Å². The minimum atomic E-state index is -1.59. The van der Waals surface area contributed by atoms with Crippen molar-refractivity contribution in [2.75, 3.05) is 12.5 Å². The summed E-state index contributed by atoms with van der Waals surface area (Å²) in [7, 11) is -0.900. The maximum absolute atomic E-state index is 8.52. The van der Waals surface area contributed by atoms with Crippen LogP contribution in [0, 0.1) is 0 Å². The predicted octanol–water partition coefficient (Wildman–Crippen LogP) is 5.09. The smallest absolute Gasteiger partial charge is 0.402 e. The van der Waals surface area contributed by atoms with E-state index in [1.165, 1.54) is 89.9 Å². The fraction of sp³-hybridized carbons (Fsp3) is 1.00. The van der Waals surface area contributed by atoms with Gasteiger partial charge in [0, 0.05) is 0 Å². The summed E-state index contributed by atoms with van der Waals surface area (Å²) in [6, 6.07) is 0. The van der Waals surface area contributed by atoms with Crippen LogP contribution in [0.25, 0.3) is 0 Å². The highest BCUT2D eigenvalue weighted by Gasteiger charge is 2.06. The van der Waals surface area contributed by atoms with Crippen LogP contribution in [0.15, 0.2) is 0 Å². The van der Waals surface area contributed by atoms with Crippen molar-refractivity contribution in [3.63, 3.8) is 0 Å². The summed E-state index contributed by atoms with van der Waals surface area (Å²) in [5, 5.41) is 17.0. The van der Waals surface area contributed by atoms with Gasteiger partial charge in [0.05, 0.1) is 6.35 Å². The minimum absolute atomic E-state index is 0.482. The maximum atomic E-state index is 8.52. The van der Waals surface area contributed by atoms with Crippen molar-refractivity contribution in [1.29, 1.82) is 0 Å². The van der Waals surface area contributed by atoms with E-state index in [0.29, 0.717) is 14.9 Å². The molecule has 0 heterocycles. The van der Waals surface area contributed by atoms with Crippen LogP contribution in [0.2, 0.25) is 0 Å². The molecule has 0 aromatic heterocycles. The van der Waals surface area contributed by atoms with E-state index in [-0.39, 0.29) is 0 Å². The molecular weight excluding hydrogens is 294 g/mol. The van der Waals surface area contributed by atoms with Crippen molar-refractivity contribution < 1.29 is 14.7 Å². The van der Waals surface area contributed by atoms with Crippen LogP contribution in [-0.4, -0.2) is 29.9 Å². The van der Waals surface area contributed by atoms with E-state index in [2.05, 4.69) is 11.6 Å². The lowest BCUT2D eigenvalue weighted by molar-refractivity contribution is 0.219. The molecule has 0 aliphatic rings. The highest BCUT2D eigenvalue weighted by atomic mass is 31.1. The summed E-state index contributed by atoms with van der Waals surface area (Å²) >= 11 is 0. The molecule has 0 radical (unpaired) electrons. The molecule has 0 rings (SSSR count). The number of hydrogen-bond acceptors (Lipinski definition) is 3. The van der Waals surface area contributed by atoms with Gasteiger partial charge >= 0.3 is 7.32 Å². The third kappa shape index (κ3) is 20.4. The molecule has 0 saturated carbocycles. The molecule has 0 spiro atoms. The summed E-state index contributed by atoms with van der Waals surface area (Å²) in [6.45, 7) is 2.28. The highest BCUT2D eigenvalue weighted by Crippen LogP contribution is 2.16. The van der Waals surface area contributed by atoms with Crippen molar-refractivity contribution in [3.05, 3.63) is 0 Å². The molecule has 0 saturated heterocycles. The Morgan fingerprint density at radius 2 is 1.09 bits per heavy atom. The molecule has 22 heavy (non-hydrogen) atoms. The molecule has 0 bridgehead atoms. The second-order valence-corrected chi connectivity index (χ2v) is 7.52. The Morgan fingerprint density at radius 1 is 0.682 bits per heavy atom. The van der Waals surface area contributed by atoms with Gasteiger partial charge in [0.2, 0.25) is 0 Å². The first-order valence-corrected chi connectivity index (χ1v) is 10.9. The fourth-order valence-electron chi connectivity index (χ4n) is 2.65. The number of hydrogen-bond donors (Lipinski definition) is 2. The molecule has 1 atom stereocenters. The molecule has 1 unspecified atom stereocenters. The summed E-state index contributed by atoms with van der Waals surface area (Å²) in [6.07, 6.45) is 21.1. The van der Waals surface area contributed by atoms with Crippen LogP contribution >= 0.6 is 8.58 Å². The predicted molar refractivity (Wildman–Crippen MR) is 99.6 cm³/mol. The molecule has 3 nitrogen and oxygen atoms in total. The third-order valence-corrected chi connectivity index (χ3v) is 5.12. The molecule has 0 aliphatic heterocycles. The Kier molecular flexibility index (Phi) is 19.8. The maximum Gasteiger partial charge on any atom is 0.634 e. The van der Waals surface area contributed by atoms with Crippen LogP contribution in [0.1, 0.15) is 96.8 Å². The first kappa shape index (κ1) is 22.4. The normalized spacial score (nSPS) is 11.6. The molecule has 132 valence electrons. The monoisotopic (exact) mass is 332 g/mol. The Labute approximate surface area is 140 Å². The largest absolute Gasteiger partial charge is 0.634 e. The lowest BCUT2D eigenvalue weighted by Crippen LogP contribution is -2.15. The quantitative estimate of drug-likeness (QED) is 0.209. The van der Waals surface area contributed by atoms with Crippen molar-refractivity contribution in [1.82, 2.24) is 0 Å². The second-order valence-electron chi connectivity index (χ2n) is 6.23. The van der Waals surface area contributed by atoms with E-state index in [0.717, 1.165) is 6.16 Å². The van der Waals surface area contributed by atoms with E-state index >= 15 is 0 Å². The first-order valence-electron chi connectivity index (χ1n) is 9.45. The zero-order valence-corrected chi connectivity index (χ0v) is 15.7. The molecule has 0 fully saturated rings. The van der Waals surface area contributed by atoms with E-state index in [9.17, 15) is 0 Å². The zero-order chi connectivity index (χ0) is 16.3. The third-order valence-electron chi connectivity index (χ3n) is 4.04. The molecule has 5 heteroatoms. The van der Waals surface area contributed by atoms with Gasteiger partial charge in [0.25, 0.3) is 0 Å². The summed E-state index contributed by atoms with van der Waals surface area (Å²) in [4.78, 5) is 0. The minimum Gasteiger partial charge on any atom is -0.402 e. The second kappa shape index (κ2) is 19.4. The Hall–Kier alpha value is 0.375. The van der Waals surface area contributed by atoms with Gasteiger partial charge in [-0.2, -0.15) is 0 Å². The van der Waals surface area contributed by atoms with Gasteiger partial charge in [-0.15, -0.1) is 0 Å². The van der Waals surface area contributed by atoms with E-state index < -0.39 is 7.32 Å². The summed E-state index contributed by atoms with van der Waals surface area (Å²) in [5.41, 5.74) is 0. The summed E-state index contributed by atoms with van der Waals surface area (Å²) < 4.78 is 4.68. The highest BCUT2D eigenvalue weighted by molar-refractivity contribution is 7.37. The number of unbranched alkanes of at least 4 members (excludes halogenated alkanes) is 13. The summed E-state index contributed by atoms with van der Waals surface area (Å²) in [5.74, 6) is 0. The SMILES string of the molecule is CCCCCCCCCCCCCCCCPCOB(O)O. The van der Waals surface area contributed by atoms with Gasteiger partial charge in [-0.1, -0.05) is 99.0 Å². The molecule has 0 aromatic rings. The average Bonchev–Trinajstić information content (AvgIpc) is 2.50.